The Morgan fingerprint density at radius 2 is 1.72 bits per heavy atom. The van der Waals surface area contributed by atoms with Gasteiger partial charge in [0.05, 0.1) is 0 Å². The molecule has 0 fully saturated rings. The maximum absolute atomic E-state index is 12.1. The lowest BCUT2D eigenvalue weighted by molar-refractivity contribution is -0.154. The number of carboxylic acid groups (broad SMARTS) is 1. The fourth-order valence-corrected chi connectivity index (χ4v) is 1.88. The van der Waals surface area contributed by atoms with E-state index in [0.29, 0.717) is 10.7 Å². The molecule has 0 aliphatic heterocycles. The molecule has 0 aliphatic carbocycles. The lowest BCUT2D eigenvalue weighted by atomic mass is 9.81. The molecule has 0 bridgehead atoms. The highest BCUT2D eigenvalue weighted by Crippen LogP contribution is 2.28. The van der Waals surface area contributed by atoms with Crippen molar-refractivity contribution >= 4 is 29.2 Å². The number of aliphatic carboxylic acids is 1. The topological polar surface area (TPSA) is 66.4 Å². The fraction of sp³-hybridized carbons (Fsp3) is 0.385. The second-order valence-corrected chi connectivity index (χ2v) is 4.49. The zero-order chi connectivity index (χ0) is 13.8. The Balaban J connectivity index is 2.92. The summed E-state index contributed by atoms with van der Waals surface area (Å²) < 4.78 is 0. The van der Waals surface area contributed by atoms with Crippen LogP contribution in [0.5, 0.6) is 0 Å². The van der Waals surface area contributed by atoms with Gasteiger partial charge >= 0.3 is 5.97 Å². The summed E-state index contributed by atoms with van der Waals surface area (Å²) in [4.78, 5) is 23.4. The number of amides is 1. The molecule has 0 saturated carbocycles. The number of hydrogen-bond acceptors (Lipinski definition) is 2. The van der Waals surface area contributed by atoms with Crippen molar-refractivity contribution in [1.29, 1.82) is 0 Å². The van der Waals surface area contributed by atoms with E-state index in [9.17, 15) is 14.7 Å². The van der Waals surface area contributed by atoms with E-state index in [0.717, 1.165) is 0 Å². The molecule has 0 aliphatic rings. The van der Waals surface area contributed by atoms with Crippen LogP contribution in [0.4, 0.5) is 5.69 Å². The van der Waals surface area contributed by atoms with Gasteiger partial charge in [-0.3, -0.25) is 9.59 Å². The van der Waals surface area contributed by atoms with Gasteiger partial charge in [-0.15, -0.1) is 0 Å². The van der Waals surface area contributed by atoms with Crippen LogP contribution in [-0.2, 0) is 9.59 Å². The predicted octanol–water partition coefficient (Wildman–Crippen LogP) is 3.17. The van der Waals surface area contributed by atoms with E-state index in [4.69, 9.17) is 11.6 Å². The Morgan fingerprint density at radius 3 is 2.11 bits per heavy atom. The molecule has 1 amide bonds. The number of carboxylic acids is 1. The first kappa shape index (κ1) is 14.5. The largest absolute Gasteiger partial charge is 0.480 e. The Hall–Kier alpha value is -1.55. The summed E-state index contributed by atoms with van der Waals surface area (Å²) in [7, 11) is 0. The zero-order valence-corrected chi connectivity index (χ0v) is 11.1. The molecule has 4 nitrogen and oxygen atoms in total. The maximum atomic E-state index is 12.1. The van der Waals surface area contributed by atoms with E-state index in [2.05, 4.69) is 5.32 Å². The first-order chi connectivity index (χ1) is 8.46. The van der Waals surface area contributed by atoms with E-state index in [1.165, 1.54) is 0 Å². The number of nitrogens with one attached hydrogen (secondary N) is 1. The highest BCUT2D eigenvalue weighted by molar-refractivity contribution is 6.30. The monoisotopic (exact) mass is 269 g/mol. The molecule has 0 radical (unpaired) electrons. The molecule has 0 spiro atoms. The number of benzene rings is 1. The van der Waals surface area contributed by atoms with Gasteiger partial charge in [-0.1, -0.05) is 25.4 Å². The van der Waals surface area contributed by atoms with Gasteiger partial charge in [0.1, 0.15) is 5.41 Å². The van der Waals surface area contributed by atoms with E-state index in [1.807, 2.05) is 0 Å². The average molecular weight is 270 g/mol. The molecule has 0 saturated heterocycles. The van der Waals surface area contributed by atoms with Gasteiger partial charge in [0.15, 0.2) is 0 Å². The lowest BCUT2D eigenvalue weighted by Gasteiger charge is -2.25. The Morgan fingerprint density at radius 1 is 1.22 bits per heavy atom. The van der Waals surface area contributed by atoms with Gasteiger partial charge in [0.25, 0.3) is 0 Å². The van der Waals surface area contributed by atoms with Crippen LogP contribution in [0.1, 0.15) is 26.7 Å². The number of rotatable bonds is 5. The molecular formula is C13H16ClNO3. The fourth-order valence-electron chi connectivity index (χ4n) is 1.75. The van der Waals surface area contributed by atoms with Gasteiger partial charge in [-0.2, -0.15) is 0 Å². The normalized spacial score (nSPS) is 11.1. The molecule has 1 aromatic carbocycles. The molecule has 18 heavy (non-hydrogen) atoms. The van der Waals surface area contributed by atoms with Crippen LogP contribution in [0.15, 0.2) is 24.3 Å². The minimum Gasteiger partial charge on any atom is -0.480 e. The van der Waals surface area contributed by atoms with Gasteiger partial charge in [0.2, 0.25) is 5.91 Å². The third-order valence-electron chi connectivity index (χ3n) is 3.15. The summed E-state index contributed by atoms with van der Waals surface area (Å²) in [5.41, 5.74) is -0.837. The Labute approximate surface area is 111 Å². The van der Waals surface area contributed by atoms with E-state index in [1.54, 1.807) is 38.1 Å². The minimum atomic E-state index is -1.38. The van der Waals surface area contributed by atoms with Crippen LogP contribution < -0.4 is 5.32 Å². The van der Waals surface area contributed by atoms with Crippen LogP contribution in [0.25, 0.3) is 0 Å². The van der Waals surface area contributed by atoms with Crippen LogP contribution in [0.2, 0.25) is 5.02 Å². The number of halogens is 1. The third-order valence-corrected chi connectivity index (χ3v) is 3.41. The van der Waals surface area contributed by atoms with Gasteiger partial charge in [-0.05, 0) is 37.1 Å². The third kappa shape index (κ3) is 2.82. The number of anilines is 1. The SMILES string of the molecule is CCC(CC)(C(=O)O)C(=O)Nc1ccc(Cl)cc1. The molecule has 0 aromatic heterocycles. The Bertz CT molecular complexity index is 438. The first-order valence-corrected chi connectivity index (χ1v) is 6.14. The highest BCUT2D eigenvalue weighted by Gasteiger charge is 2.42. The standard InChI is InChI=1S/C13H16ClNO3/c1-3-13(4-2,12(17)18)11(16)15-10-7-5-9(14)6-8-10/h5-8H,3-4H2,1-2H3,(H,15,16)(H,17,18). The summed E-state index contributed by atoms with van der Waals surface area (Å²) in [5, 5.41) is 12.4. The van der Waals surface area contributed by atoms with Gasteiger partial charge < -0.3 is 10.4 Å². The number of hydrogen-bond donors (Lipinski definition) is 2. The molecule has 0 unspecified atom stereocenters. The first-order valence-electron chi connectivity index (χ1n) is 5.76. The lowest BCUT2D eigenvalue weighted by Crippen LogP contribution is -2.42. The summed E-state index contributed by atoms with van der Waals surface area (Å²) >= 11 is 5.74. The molecule has 2 N–H and O–H groups in total. The summed E-state index contributed by atoms with van der Waals surface area (Å²) in [6.07, 6.45) is 0.497. The number of carbonyl (C=O) groups is 2. The Kier molecular flexibility index (Phi) is 4.73. The molecule has 5 heteroatoms. The quantitative estimate of drug-likeness (QED) is 0.807. The van der Waals surface area contributed by atoms with Crippen LogP contribution in [0, 0.1) is 5.41 Å². The van der Waals surface area contributed by atoms with E-state index < -0.39 is 17.3 Å². The molecular weight excluding hydrogens is 254 g/mol. The van der Waals surface area contributed by atoms with Crippen LogP contribution in [0.3, 0.4) is 0 Å². The highest BCUT2D eigenvalue weighted by atomic mass is 35.5. The molecule has 0 heterocycles. The predicted molar refractivity (Wildman–Crippen MR) is 70.7 cm³/mol. The van der Waals surface area contributed by atoms with Gasteiger partial charge in [-0.25, -0.2) is 0 Å². The second-order valence-electron chi connectivity index (χ2n) is 4.06. The molecule has 0 atom stereocenters. The summed E-state index contributed by atoms with van der Waals surface area (Å²) in [5.74, 6) is -1.60. The molecule has 1 rings (SSSR count). The van der Waals surface area contributed by atoms with Crippen molar-refractivity contribution in [2.75, 3.05) is 5.32 Å². The van der Waals surface area contributed by atoms with Crippen molar-refractivity contribution in [3.63, 3.8) is 0 Å². The van der Waals surface area contributed by atoms with Crippen molar-refractivity contribution in [2.45, 2.75) is 26.7 Å². The average Bonchev–Trinajstić information content (AvgIpc) is 2.34. The maximum Gasteiger partial charge on any atom is 0.319 e. The summed E-state index contributed by atoms with van der Waals surface area (Å²) in [6.45, 7) is 3.39. The molecule has 1 aromatic rings. The number of carbonyl (C=O) groups excluding carboxylic acids is 1. The van der Waals surface area contributed by atoms with Gasteiger partial charge in [0, 0.05) is 10.7 Å². The van der Waals surface area contributed by atoms with Crippen LogP contribution in [-0.4, -0.2) is 17.0 Å². The van der Waals surface area contributed by atoms with E-state index >= 15 is 0 Å². The van der Waals surface area contributed by atoms with Crippen LogP contribution >= 0.6 is 11.6 Å². The van der Waals surface area contributed by atoms with Crippen molar-refractivity contribution in [3.05, 3.63) is 29.3 Å². The molecule has 98 valence electrons. The summed E-state index contributed by atoms with van der Waals surface area (Å²) in [6, 6.07) is 6.55. The second kappa shape index (κ2) is 5.87. The smallest absolute Gasteiger partial charge is 0.319 e. The van der Waals surface area contributed by atoms with Crippen molar-refractivity contribution in [2.24, 2.45) is 5.41 Å². The zero-order valence-electron chi connectivity index (χ0n) is 10.4. The van der Waals surface area contributed by atoms with E-state index in [-0.39, 0.29) is 12.8 Å². The van der Waals surface area contributed by atoms with Crippen molar-refractivity contribution in [1.82, 2.24) is 0 Å². The minimum absolute atomic E-state index is 0.248. The van der Waals surface area contributed by atoms with Crippen molar-refractivity contribution < 1.29 is 14.7 Å². The van der Waals surface area contributed by atoms with Crippen molar-refractivity contribution in [3.8, 4) is 0 Å².